The van der Waals surface area contributed by atoms with Crippen LogP contribution in [0.4, 0.5) is 0 Å². The Hall–Kier alpha value is -1.18. The van der Waals surface area contributed by atoms with Crippen molar-refractivity contribution >= 4 is 42.1 Å². The third-order valence-corrected chi connectivity index (χ3v) is 5.31. The molecule has 1 amide bonds. The van der Waals surface area contributed by atoms with Crippen LogP contribution in [0.3, 0.4) is 0 Å². The molecule has 1 unspecified atom stereocenters. The summed E-state index contributed by atoms with van der Waals surface area (Å²) in [6.07, 6.45) is 2.22. The zero-order valence-electron chi connectivity index (χ0n) is 14.6. The Kier molecular flexibility index (Phi) is 10.1. The molecular weight excluding hydrogens is 391 g/mol. The fraction of sp³-hybridized carbons (Fsp3) is 0.444. The fourth-order valence-corrected chi connectivity index (χ4v) is 3.71. The van der Waals surface area contributed by atoms with E-state index in [-0.39, 0.29) is 30.7 Å². The summed E-state index contributed by atoms with van der Waals surface area (Å²) in [5, 5.41) is 5.59. The topological polar surface area (TPSA) is 71.2 Å². The molecule has 0 radical (unpaired) electrons. The molecule has 3 rings (SSSR count). The van der Waals surface area contributed by atoms with Crippen LogP contribution in [-0.4, -0.2) is 42.0 Å². The predicted octanol–water partition coefficient (Wildman–Crippen LogP) is 2.74. The lowest BCUT2D eigenvalue weighted by molar-refractivity contribution is 0.0943. The number of nitrogens with two attached hydrogens (primary N) is 1. The van der Waals surface area contributed by atoms with Gasteiger partial charge < -0.3 is 16.0 Å². The molecule has 8 heteroatoms. The van der Waals surface area contributed by atoms with Gasteiger partial charge in [0.2, 0.25) is 0 Å². The van der Waals surface area contributed by atoms with Crippen LogP contribution in [0, 0.1) is 5.92 Å². The second kappa shape index (κ2) is 11.5. The lowest BCUT2D eigenvalue weighted by Gasteiger charge is -2.16. The number of hydrogen-bond acceptors (Lipinski definition) is 5. The van der Waals surface area contributed by atoms with Crippen LogP contribution < -0.4 is 11.1 Å². The first-order chi connectivity index (χ1) is 11.7. The van der Waals surface area contributed by atoms with Gasteiger partial charge in [0.15, 0.2) is 0 Å². The van der Waals surface area contributed by atoms with Gasteiger partial charge in [0, 0.05) is 31.6 Å². The van der Waals surface area contributed by atoms with Crippen molar-refractivity contribution in [2.75, 3.05) is 26.2 Å². The Morgan fingerprint density at radius 1 is 1.31 bits per heavy atom. The third-order valence-electron chi connectivity index (χ3n) is 4.44. The number of benzene rings is 1. The Morgan fingerprint density at radius 2 is 2.08 bits per heavy atom. The summed E-state index contributed by atoms with van der Waals surface area (Å²) in [7, 11) is 0. The van der Waals surface area contributed by atoms with E-state index in [9.17, 15) is 4.79 Å². The minimum Gasteiger partial charge on any atom is -0.350 e. The molecule has 2 aromatic rings. The lowest BCUT2D eigenvalue weighted by Crippen LogP contribution is -2.31. The van der Waals surface area contributed by atoms with Crippen LogP contribution in [0.15, 0.2) is 35.7 Å². The van der Waals surface area contributed by atoms with E-state index < -0.39 is 0 Å². The fourth-order valence-electron chi connectivity index (χ4n) is 3.05. The lowest BCUT2D eigenvalue weighted by atomic mass is 10.1. The molecule has 0 bridgehead atoms. The number of amides is 1. The molecule has 1 aliphatic heterocycles. The van der Waals surface area contributed by atoms with Gasteiger partial charge in [0.1, 0.15) is 10.7 Å². The highest BCUT2D eigenvalue weighted by atomic mass is 35.5. The highest BCUT2D eigenvalue weighted by molar-refractivity contribution is 7.09. The van der Waals surface area contributed by atoms with Gasteiger partial charge in [-0.15, -0.1) is 36.2 Å². The van der Waals surface area contributed by atoms with Gasteiger partial charge in [-0.25, -0.2) is 4.98 Å². The Labute approximate surface area is 171 Å². The van der Waals surface area contributed by atoms with Crippen LogP contribution in [0.2, 0.25) is 0 Å². The van der Waals surface area contributed by atoms with Gasteiger partial charge in [0.25, 0.3) is 5.91 Å². The zero-order valence-corrected chi connectivity index (χ0v) is 17.0. The second-order valence-electron chi connectivity index (χ2n) is 6.23. The van der Waals surface area contributed by atoms with E-state index in [1.54, 1.807) is 5.38 Å². The van der Waals surface area contributed by atoms with Crippen LogP contribution in [0.25, 0.3) is 0 Å². The monoisotopic (exact) mass is 416 g/mol. The van der Waals surface area contributed by atoms with Crippen molar-refractivity contribution in [1.29, 1.82) is 0 Å². The summed E-state index contributed by atoms with van der Waals surface area (Å²) in [4.78, 5) is 18.8. The molecule has 1 saturated heterocycles. The summed E-state index contributed by atoms with van der Waals surface area (Å²) in [6.45, 7) is 4.35. The third kappa shape index (κ3) is 6.52. The number of halogens is 2. The molecule has 1 aromatic carbocycles. The molecule has 1 aliphatic rings. The van der Waals surface area contributed by atoms with E-state index in [0.29, 0.717) is 18.2 Å². The maximum absolute atomic E-state index is 12.1. The SMILES string of the molecule is Cl.Cl.NCc1nc(C(=O)NCC2CCN(CCc3ccccc3)C2)cs1. The Bertz CT molecular complexity index is 668. The zero-order chi connectivity index (χ0) is 16.8. The standard InChI is InChI=1S/C18H24N4OS.2ClH/c19-10-17-21-16(13-24-17)18(23)20-11-15-7-9-22(12-15)8-6-14-4-2-1-3-5-14;;/h1-5,13,15H,6-12,19H2,(H,20,23);2*1H. The summed E-state index contributed by atoms with van der Waals surface area (Å²) >= 11 is 1.44. The molecule has 2 heterocycles. The first kappa shape index (κ1) is 22.9. The number of nitrogens with zero attached hydrogens (tertiary/aromatic N) is 2. The molecule has 0 aliphatic carbocycles. The van der Waals surface area contributed by atoms with Gasteiger partial charge in [-0.2, -0.15) is 0 Å². The van der Waals surface area contributed by atoms with Crippen molar-refractivity contribution in [2.45, 2.75) is 19.4 Å². The number of carbonyl (C=O) groups is 1. The smallest absolute Gasteiger partial charge is 0.270 e. The van der Waals surface area contributed by atoms with Gasteiger partial charge in [-0.05, 0) is 30.9 Å². The van der Waals surface area contributed by atoms with Gasteiger partial charge in [-0.1, -0.05) is 30.3 Å². The van der Waals surface area contributed by atoms with Gasteiger partial charge in [-0.3, -0.25) is 4.79 Å². The van der Waals surface area contributed by atoms with Gasteiger partial charge >= 0.3 is 0 Å². The molecule has 144 valence electrons. The van der Waals surface area contributed by atoms with E-state index in [0.717, 1.165) is 44.0 Å². The predicted molar refractivity (Wildman–Crippen MR) is 112 cm³/mol. The molecule has 1 atom stereocenters. The summed E-state index contributed by atoms with van der Waals surface area (Å²) < 4.78 is 0. The number of nitrogens with one attached hydrogen (secondary N) is 1. The summed E-state index contributed by atoms with van der Waals surface area (Å²) in [6, 6.07) is 10.6. The Morgan fingerprint density at radius 3 is 2.77 bits per heavy atom. The molecule has 0 spiro atoms. The maximum Gasteiger partial charge on any atom is 0.270 e. The first-order valence-electron chi connectivity index (χ1n) is 8.43. The minimum atomic E-state index is -0.0892. The van der Waals surface area contributed by atoms with Crippen LogP contribution in [0.1, 0.15) is 27.5 Å². The number of aromatic nitrogens is 1. The molecule has 26 heavy (non-hydrogen) atoms. The number of likely N-dealkylation sites (tertiary alicyclic amines) is 1. The minimum absolute atomic E-state index is 0. The highest BCUT2D eigenvalue weighted by Gasteiger charge is 2.23. The molecule has 3 N–H and O–H groups in total. The van der Waals surface area contributed by atoms with Crippen molar-refractivity contribution in [3.63, 3.8) is 0 Å². The number of rotatable bonds is 7. The van der Waals surface area contributed by atoms with Crippen molar-refractivity contribution in [3.8, 4) is 0 Å². The molecule has 0 saturated carbocycles. The van der Waals surface area contributed by atoms with Crippen LogP contribution >= 0.6 is 36.2 Å². The largest absolute Gasteiger partial charge is 0.350 e. The van der Waals surface area contributed by atoms with E-state index in [2.05, 4.69) is 45.5 Å². The number of thiazole rings is 1. The average molecular weight is 417 g/mol. The van der Waals surface area contributed by atoms with Crippen molar-refractivity contribution < 1.29 is 4.79 Å². The van der Waals surface area contributed by atoms with Crippen molar-refractivity contribution in [3.05, 3.63) is 52.0 Å². The summed E-state index contributed by atoms with van der Waals surface area (Å²) in [5.41, 5.74) is 7.40. The number of hydrogen-bond donors (Lipinski definition) is 2. The van der Waals surface area contributed by atoms with Gasteiger partial charge in [0.05, 0.1) is 0 Å². The first-order valence-corrected chi connectivity index (χ1v) is 9.31. The second-order valence-corrected chi connectivity index (χ2v) is 7.17. The summed E-state index contributed by atoms with van der Waals surface area (Å²) in [5.74, 6) is 0.436. The van der Waals surface area contributed by atoms with Crippen molar-refractivity contribution in [1.82, 2.24) is 15.2 Å². The van der Waals surface area contributed by atoms with E-state index in [4.69, 9.17) is 5.73 Å². The molecule has 1 fully saturated rings. The van der Waals surface area contributed by atoms with E-state index >= 15 is 0 Å². The highest BCUT2D eigenvalue weighted by Crippen LogP contribution is 2.16. The van der Waals surface area contributed by atoms with E-state index in [1.165, 1.54) is 16.9 Å². The van der Waals surface area contributed by atoms with Crippen LogP contribution in [-0.2, 0) is 13.0 Å². The quantitative estimate of drug-likeness (QED) is 0.727. The maximum atomic E-state index is 12.1. The Balaban J connectivity index is 0.00000169. The number of carbonyl (C=O) groups excluding carboxylic acids is 1. The average Bonchev–Trinajstić information content (AvgIpc) is 3.28. The molecule has 1 aromatic heterocycles. The normalized spacial score (nSPS) is 16.6. The van der Waals surface area contributed by atoms with Crippen molar-refractivity contribution in [2.24, 2.45) is 11.7 Å². The molecular formula is C18H26Cl2N4OS. The molecule has 5 nitrogen and oxygen atoms in total. The van der Waals surface area contributed by atoms with Crippen LogP contribution in [0.5, 0.6) is 0 Å². The van der Waals surface area contributed by atoms with E-state index in [1.807, 2.05) is 0 Å².